The van der Waals surface area contributed by atoms with Crippen LogP contribution in [0.3, 0.4) is 0 Å². The van der Waals surface area contributed by atoms with E-state index in [1.54, 1.807) is 0 Å². The standard InChI is InChI=1S/C17H29NO2/c1-5-18-13-15-9-10-16(17(12-15)19-6-2)20-11-7-8-14(3)4/h9-10,12,14,18H,5-8,11,13H2,1-4H3. The molecule has 0 unspecified atom stereocenters. The smallest absolute Gasteiger partial charge is 0.161 e. The Labute approximate surface area is 123 Å². The SMILES string of the molecule is CCNCc1ccc(OCCCC(C)C)c(OCC)c1. The monoisotopic (exact) mass is 279 g/mol. The second-order valence-electron chi connectivity index (χ2n) is 5.38. The second-order valence-corrected chi connectivity index (χ2v) is 5.38. The van der Waals surface area contributed by atoms with Gasteiger partial charge < -0.3 is 14.8 Å². The van der Waals surface area contributed by atoms with E-state index in [9.17, 15) is 0 Å². The maximum Gasteiger partial charge on any atom is 0.161 e. The van der Waals surface area contributed by atoms with E-state index < -0.39 is 0 Å². The van der Waals surface area contributed by atoms with Gasteiger partial charge in [-0.3, -0.25) is 0 Å². The van der Waals surface area contributed by atoms with Crippen molar-refractivity contribution < 1.29 is 9.47 Å². The van der Waals surface area contributed by atoms with Crippen molar-refractivity contribution in [2.24, 2.45) is 5.92 Å². The van der Waals surface area contributed by atoms with Gasteiger partial charge in [0.25, 0.3) is 0 Å². The summed E-state index contributed by atoms with van der Waals surface area (Å²) >= 11 is 0. The van der Waals surface area contributed by atoms with Crippen LogP contribution in [0.4, 0.5) is 0 Å². The lowest BCUT2D eigenvalue weighted by Crippen LogP contribution is -2.12. The molecule has 20 heavy (non-hydrogen) atoms. The molecule has 0 saturated heterocycles. The van der Waals surface area contributed by atoms with Gasteiger partial charge in [0.1, 0.15) is 0 Å². The van der Waals surface area contributed by atoms with Crippen LogP contribution in [0.1, 0.15) is 46.1 Å². The number of hydrogen-bond acceptors (Lipinski definition) is 3. The van der Waals surface area contributed by atoms with E-state index in [-0.39, 0.29) is 0 Å². The van der Waals surface area contributed by atoms with Crippen molar-refractivity contribution in [3.05, 3.63) is 23.8 Å². The van der Waals surface area contributed by atoms with E-state index in [0.717, 1.165) is 43.5 Å². The zero-order chi connectivity index (χ0) is 14.8. The summed E-state index contributed by atoms with van der Waals surface area (Å²) < 4.78 is 11.5. The highest BCUT2D eigenvalue weighted by molar-refractivity contribution is 5.43. The summed E-state index contributed by atoms with van der Waals surface area (Å²) in [7, 11) is 0. The first-order valence-electron chi connectivity index (χ1n) is 7.76. The third-order valence-corrected chi connectivity index (χ3v) is 3.07. The van der Waals surface area contributed by atoms with Gasteiger partial charge in [-0.1, -0.05) is 26.8 Å². The van der Waals surface area contributed by atoms with Crippen LogP contribution in [0.5, 0.6) is 11.5 Å². The molecule has 0 spiro atoms. The molecule has 1 aromatic rings. The summed E-state index contributed by atoms with van der Waals surface area (Å²) in [5.41, 5.74) is 1.23. The van der Waals surface area contributed by atoms with Gasteiger partial charge in [-0.15, -0.1) is 0 Å². The van der Waals surface area contributed by atoms with Crippen LogP contribution in [0, 0.1) is 5.92 Å². The Bertz CT molecular complexity index is 377. The van der Waals surface area contributed by atoms with Gasteiger partial charge in [-0.25, -0.2) is 0 Å². The van der Waals surface area contributed by atoms with Crippen LogP contribution in [0.25, 0.3) is 0 Å². The predicted octanol–water partition coefficient (Wildman–Crippen LogP) is 4.01. The summed E-state index contributed by atoms with van der Waals surface area (Å²) in [5.74, 6) is 2.44. The molecular weight excluding hydrogens is 250 g/mol. The largest absolute Gasteiger partial charge is 0.490 e. The van der Waals surface area contributed by atoms with Crippen molar-refractivity contribution >= 4 is 0 Å². The third kappa shape index (κ3) is 6.29. The van der Waals surface area contributed by atoms with Crippen LogP contribution in [-0.4, -0.2) is 19.8 Å². The van der Waals surface area contributed by atoms with Crippen molar-refractivity contribution in [1.82, 2.24) is 5.32 Å². The highest BCUT2D eigenvalue weighted by atomic mass is 16.5. The lowest BCUT2D eigenvalue weighted by molar-refractivity contribution is 0.266. The zero-order valence-corrected chi connectivity index (χ0v) is 13.4. The second kappa shape index (κ2) is 9.65. The Morgan fingerprint density at radius 1 is 1.10 bits per heavy atom. The average Bonchev–Trinajstić information content (AvgIpc) is 2.43. The van der Waals surface area contributed by atoms with Gasteiger partial charge in [0.15, 0.2) is 11.5 Å². The topological polar surface area (TPSA) is 30.5 Å². The van der Waals surface area contributed by atoms with Crippen molar-refractivity contribution in [1.29, 1.82) is 0 Å². The average molecular weight is 279 g/mol. The molecule has 0 aromatic heterocycles. The highest BCUT2D eigenvalue weighted by Gasteiger charge is 2.06. The van der Waals surface area contributed by atoms with Crippen LogP contribution in [0.2, 0.25) is 0 Å². The molecule has 0 fully saturated rings. The minimum Gasteiger partial charge on any atom is -0.490 e. The molecule has 0 aliphatic rings. The molecule has 0 saturated carbocycles. The molecule has 0 aliphatic heterocycles. The Balaban J connectivity index is 2.59. The van der Waals surface area contributed by atoms with Crippen molar-refractivity contribution in [3.63, 3.8) is 0 Å². The molecule has 114 valence electrons. The van der Waals surface area contributed by atoms with Gasteiger partial charge in [0, 0.05) is 6.54 Å². The molecular formula is C17H29NO2. The van der Waals surface area contributed by atoms with E-state index >= 15 is 0 Å². The van der Waals surface area contributed by atoms with Crippen LogP contribution in [-0.2, 0) is 6.54 Å². The molecule has 3 nitrogen and oxygen atoms in total. The quantitative estimate of drug-likeness (QED) is 0.656. The molecule has 1 N–H and O–H groups in total. The molecule has 0 aliphatic carbocycles. The molecule has 0 amide bonds. The van der Waals surface area contributed by atoms with Crippen LogP contribution in [0.15, 0.2) is 18.2 Å². The Morgan fingerprint density at radius 3 is 2.55 bits per heavy atom. The van der Waals surface area contributed by atoms with Gasteiger partial charge in [0.05, 0.1) is 13.2 Å². The fourth-order valence-corrected chi connectivity index (χ4v) is 1.99. The first-order valence-corrected chi connectivity index (χ1v) is 7.76. The summed E-state index contributed by atoms with van der Waals surface area (Å²) in [6, 6.07) is 6.19. The van der Waals surface area contributed by atoms with Gasteiger partial charge in [-0.05, 0) is 49.9 Å². The lowest BCUT2D eigenvalue weighted by Gasteiger charge is -2.14. The normalized spacial score (nSPS) is 10.8. The molecule has 1 aromatic carbocycles. The third-order valence-electron chi connectivity index (χ3n) is 3.07. The van der Waals surface area contributed by atoms with Gasteiger partial charge >= 0.3 is 0 Å². The van der Waals surface area contributed by atoms with Crippen molar-refractivity contribution in [2.45, 2.75) is 47.1 Å². The van der Waals surface area contributed by atoms with E-state index in [1.807, 2.05) is 13.0 Å². The number of rotatable bonds is 10. The maximum absolute atomic E-state index is 5.85. The van der Waals surface area contributed by atoms with Crippen molar-refractivity contribution in [2.75, 3.05) is 19.8 Å². The molecule has 3 heteroatoms. The van der Waals surface area contributed by atoms with E-state index in [2.05, 4.69) is 38.2 Å². The summed E-state index contributed by atoms with van der Waals surface area (Å²) in [4.78, 5) is 0. The fraction of sp³-hybridized carbons (Fsp3) is 0.647. The minimum absolute atomic E-state index is 0.660. The maximum atomic E-state index is 5.85. The number of nitrogens with one attached hydrogen (secondary N) is 1. The highest BCUT2D eigenvalue weighted by Crippen LogP contribution is 2.28. The number of hydrogen-bond donors (Lipinski definition) is 1. The van der Waals surface area contributed by atoms with Gasteiger partial charge in [0.2, 0.25) is 0 Å². The Kier molecular flexibility index (Phi) is 8.12. The minimum atomic E-state index is 0.660. The van der Waals surface area contributed by atoms with Gasteiger partial charge in [-0.2, -0.15) is 0 Å². The summed E-state index contributed by atoms with van der Waals surface area (Å²) in [5, 5.41) is 3.32. The summed E-state index contributed by atoms with van der Waals surface area (Å²) in [6.45, 7) is 11.8. The molecule has 0 heterocycles. The Hall–Kier alpha value is -1.22. The summed E-state index contributed by atoms with van der Waals surface area (Å²) in [6.07, 6.45) is 2.28. The molecule has 0 bridgehead atoms. The number of benzene rings is 1. The first kappa shape index (κ1) is 16.8. The van der Waals surface area contributed by atoms with Crippen molar-refractivity contribution in [3.8, 4) is 11.5 Å². The van der Waals surface area contributed by atoms with Crippen LogP contribution < -0.4 is 14.8 Å². The molecule has 0 radical (unpaired) electrons. The predicted molar refractivity (Wildman–Crippen MR) is 84.6 cm³/mol. The Morgan fingerprint density at radius 2 is 1.90 bits per heavy atom. The van der Waals surface area contributed by atoms with E-state index in [4.69, 9.17) is 9.47 Å². The van der Waals surface area contributed by atoms with E-state index in [1.165, 1.54) is 12.0 Å². The number of ether oxygens (including phenoxy) is 2. The lowest BCUT2D eigenvalue weighted by atomic mass is 10.1. The molecule has 1 rings (SSSR count). The fourth-order valence-electron chi connectivity index (χ4n) is 1.99. The zero-order valence-electron chi connectivity index (χ0n) is 13.4. The molecule has 0 atom stereocenters. The first-order chi connectivity index (χ1) is 9.67. The van der Waals surface area contributed by atoms with Crippen LogP contribution >= 0.6 is 0 Å². The van der Waals surface area contributed by atoms with E-state index in [0.29, 0.717) is 6.61 Å².